The lowest BCUT2D eigenvalue weighted by molar-refractivity contribution is 0.375. The zero-order chi connectivity index (χ0) is 11.5. The highest BCUT2D eigenvalue weighted by Crippen LogP contribution is 2.37. The van der Waals surface area contributed by atoms with Crippen LogP contribution >= 0.6 is 0 Å². The average Bonchev–Trinajstić information content (AvgIpc) is 2.56. The van der Waals surface area contributed by atoms with Gasteiger partial charge in [0.25, 0.3) is 0 Å². The highest BCUT2D eigenvalue weighted by Gasteiger charge is 2.24. The van der Waals surface area contributed by atoms with Crippen LogP contribution in [0.2, 0.25) is 0 Å². The monoisotopic (exact) mass is 221 g/mol. The maximum atomic E-state index is 4.73. The molecule has 1 saturated carbocycles. The van der Waals surface area contributed by atoms with E-state index in [-0.39, 0.29) is 0 Å². The van der Waals surface area contributed by atoms with E-state index in [2.05, 4.69) is 29.9 Å². The fourth-order valence-electron chi connectivity index (χ4n) is 2.26. The van der Waals surface area contributed by atoms with Crippen LogP contribution in [0.15, 0.2) is 6.07 Å². The van der Waals surface area contributed by atoms with Crippen LogP contribution in [0.5, 0.6) is 0 Å². The van der Waals surface area contributed by atoms with Crippen LogP contribution in [0.25, 0.3) is 0 Å². The van der Waals surface area contributed by atoms with E-state index in [0.717, 1.165) is 18.9 Å². The Balaban J connectivity index is 2.16. The van der Waals surface area contributed by atoms with Crippen molar-refractivity contribution in [2.45, 2.75) is 51.5 Å². The van der Waals surface area contributed by atoms with Crippen LogP contribution in [-0.2, 0) is 6.42 Å². The van der Waals surface area contributed by atoms with E-state index in [4.69, 9.17) is 5.10 Å². The molecule has 1 fully saturated rings. The molecular formula is C13H23N3. The van der Waals surface area contributed by atoms with Gasteiger partial charge in [-0.3, -0.25) is 4.68 Å². The summed E-state index contributed by atoms with van der Waals surface area (Å²) in [5.41, 5.74) is 2.71. The van der Waals surface area contributed by atoms with Crippen molar-refractivity contribution in [2.75, 3.05) is 13.6 Å². The second-order valence-corrected chi connectivity index (χ2v) is 5.08. The average molecular weight is 221 g/mol. The Bertz CT molecular complexity index is 337. The molecule has 0 saturated heterocycles. The van der Waals surface area contributed by atoms with Crippen molar-refractivity contribution in [3.05, 3.63) is 17.5 Å². The Hall–Kier alpha value is -0.830. The maximum Gasteiger partial charge on any atom is 0.0640 e. The lowest BCUT2D eigenvalue weighted by atomic mass is 9.82. The summed E-state index contributed by atoms with van der Waals surface area (Å²) in [5, 5.41) is 7.91. The van der Waals surface area contributed by atoms with Gasteiger partial charge in [-0.2, -0.15) is 5.10 Å². The molecule has 1 aromatic rings. The first-order valence-corrected chi connectivity index (χ1v) is 6.45. The largest absolute Gasteiger partial charge is 0.319 e. The van der Waals surface area contributed by atoms with E-state index in [1.54, 1.807) is 0 Å². The van der Waals surface area contributed by atoms with Crippen LogP contribution in [0, 0.1) is 0 Å². The van der Waals surface area contributed by atoms with E-state index >= 15 is 0 Å². The fourth-order valence-corrected chi connectivity index (χ4v) is 2.26. The smallest absolute Gasteiger partial charge is 0.0640 e. The van der Waals surface area contributed by atoms with Gasteiger partial charge in [-0.1, -0.05) is 6.42 Å². The number of nitrogens with zero attached hydrogens (tertiary/aromatic N) is 2. The number of hydrogen-bond acceptors (Lipinski definition) is 2. The van der Waals surface area contributed by atoms with E-state index in [1.165, 1.54) is 30.7 Å². The number of nitrogens with one attached hydrogen (secondary N) is 1. The molecular weight excluding hydrogens is 198 g/mol. The summed E-state index contributed by atoms with van der Waals surface area (Å²) in [6.45, 7) is 5.45. The first-order valence-electron chi connectivity index (χ1n) is 6.45. The van der Waals surface area contributed by atoms with E-state index in [0.29, 0.717) is 6.04 Å². The zero-order valence-electron chi connectivity index (χ0n) is 10.7. The summed E-state index contributed by atoms with van der Waals surface area (Å²) >= 11 is 0. The van der Waals surface area contributed by atoms with Crippen LogP contribution in [0.4, 0.5) is 0 Å². The Morgan fingerprint density at radius 2 is 2.25 bits per heavy atom. The minimum Gasteiger partial charge on any atom is -0.319 e. The van der Waals surface area contributed by atoms with Crippen molar-refractivity contribution in [1.82, 2.24) is 15.1 Å². The van der Waals surface area contributed by atoms with Crippen LogP contribution in [-0.4, -0.2) is 23.4 Å². The second kappa shape index (κ2) is 5.00. The topological polar surface area (TPSA) is 29.9 Å². The van der Waals surface area contributed by atoms with Crippen LogP contribution < -0.4 is 5.32 Å². The van der Waals surface area contributed by atoms with Gasteiger partial charge in [0.1, 0.15) is 0 Å². The van der Waals surface area contributed by atoms with Gasteiger partial charge < -0.3 is 5.32 Å². The third-order valence-corrected chi connectivity index (χ3v) is 3.46. The molecule has 1 aromatic heterocycles. The molecule has 1 N–H and O–H groups in total. The molecule has 0 bridgehead atoms. The lowest BCUT2D eigenvalue weighted by Crippen LogP contribution is -2.16. The third kappa shape index (κ3) is 2.29. The number of rotatable bonds is 5. The number of aromatic nitrogens is 2. The molecule has 0 amide bonds. The van der Waals surface area contributed by atoms with E-state index in [9.17, 15) is 0 Å². The summed E-state index contributed by atoms with van der Waals surface area (Å²) in [4.78, 5) is 0. The van der Waals surface area contributed by atoms with Crippen molar-refractivity contribution in [2.24, 2.45) is 0 Å². The second-order valence-electron chi connectivity index (χ2n) is 5.08. The van der Waals surface area contributed by atoms with Crippen LogP contribution in [0.3, 0.4) is 0 Å². The highest BCUT2D eigenvalue weighted by molar-refractivity contribution is 5.18. The zero-order valence-corrected chi connectivity index (χ0v) is 10.7. The molecule has 0 atom stereocenters. The van der Waals surface area contributed by atoms with Crippen LogP contribution in [0.1, 0.15) is 56.5 Å². The predicted octanol–water partition coefficient (Wildman–Crippen LogP) is 2.49. The molecule has 3 heteroatoms. The minimum absolute atomic E-state index is 0.485. The Morgan fingerprint density at radius 3 is 2.75 bits per heavy atom. The van der Waals surface area contributed by atoms with Gasteiger partial charge in [-0.05, 0) is 39.8 Å². The van der Waals surface area contributed by atoms with Crippen molar-refractivity contribution < 1.29 is 0 Å². The first-order chi connectivity index (χ1) is 7.72. The van der Waals surface area contributed by atoms with Gasteiger partial charge in [0.15, 0.2) is 0 Å². The summed E-state index contributed by atoms with van der Waals surface area (Å²) in [5.74, 6) is 0.776. The summed E-state index contributed by atoms with van der Waals surface area (Å²) in [7, 11) is 1.99. The Morgan fingerprint density at radius 1 is 1.50 bits per heavy atom. The Labute approximate surface area is 98.2 Å². The molecule has 1 heterocycles. The fraction of sp³-hybridized carbons (Fsp3) is 0.769. The third-order valence-electron chi connectivity index (χ3n) is 3.46. The molecule has 3 nitrogen and oxygen atoms in total. The molecule has 90 valence electrons. The van der Waals surface area contributed by atoms with Gasteiger partial charge >= 0.3 is 0 Å². The molecule has 2 rings (SSSR count). The SMILES string of the molecule is CNCCc1cc(C2CCC2)n(C(C)C)n1. The normalized spacial score (nSPS) is 16.8. The van der Waals surface area contributed by atoms with Gasteiger partial charge in [0, 0.05) is 30.6 Å². The molecule has 1 aliphatic rings. The van der Waals surface area contributed by atoms with Crippen molar-refractivity contribution in [3.8, 4) is 0 Å². The minimum atomic E-state index is 0.485. The standard InChI is InChI=1S/C13H23N3/c1-10(2)16-13(11-5-4-6-11)9-12(15-16)7-8-14-3/h9-11,14H,4-8H2,1-3H3. The molecule has 0 aliphatic heterocycles. The molecule has 0 aromatic carbocycles. The van der Waals surface area contributed by atoms with Gasteiger partial charge in [0.05, 0.1) is 5.69 Å². The predicted molar refractivity (Wildman–Crippen MR) is 66.8 cm³/mol. The molecule has 0 spiro atoms. The van der Waals surface area contributed by atoms with Gasteiger partial charge in [-0.25, -0.2) is 0 Å². The quantitative estimate of drug-likeness (QED) is 0.828. The van der Waals surface area contributed by atoms with E-state index in [1.807, 2.05) is 7.05 Å². The summed E-state index contributed by atoms with van der Waals surface area (Å²) < 4.78 is 2.23. The Kier molecular flexibility index (Phi) is 3.64. The molecule has 0 radical (unpaired) electrons. The lowest BCUT2D eigenvalue weighted by Gasteiger charge is -2.27. The molecule has 16 heavy (non-hydrogen) atoms. The first kappa shape index (κ1) is 11.6. The van der Waals surface area contributed by atoms with E-state index < -0.39 is 0 Å². The highest BCUT2D eigenvalue weighted by atomic mass is 15.3. The summed E-state index contributed by atoms with van der Waals surface area (Å²) in [6, 6.07) is 2.81. The maximum absolute atomic E-state index is 4.73. The van der Waals surface area contributed by atoms with Crippen molar-refractivity contribution >= 4 is 0 Å². The summed E-state index contributed by atoms with van der Waals surface area (Å²) in [6.07, 6.45) is 5.13. The van der Waals surface area contributed by atoms with Crippen molar-refractivity contribution in [1.29, 1.82) is 0 Å². The van der Waals surface area contributed by atoms with Crippen molar-refractivity contribution in [3.63, 3.8) is 0 Å². The molecule has 1 aliphatic carbocycles. The number of likely N-dealkylation sites (N-methyl/N-ethyl adjacent to an activating group) is 1. The van der Waals surface area contributed by atoms with Gasteiger partial charge in [0.2, 0.25) is 0 Å². The van der Waals surface area contributed by atoms with Gasteiger partial charge in [-0.15, -0.1) is 0 Å². The molecule has 0 unspecified atom stereocenters. The number of hydrogen-bond donors (Lipinski definition) is 1.